The zero-order chi connectivity index (χ0) is 13.9. The van der Waals surface area contributed by atoms with Crippen molar-refractivity contribution in [3.05, 3.63) is 23.0 Å². The molecule has 1 heterocycles. The number of nitrogens with zero attached hydrogens (tertiary/aromatic N) is 1. The molecule has 1 aromatic heterocycles. The highest BCUT2D eigenvalue weighted by molar-refractivity contribution is 5.70. The lowest BCUT2D eigenvalue weighted by Crippen LogP contribution is -2.20. The van der Waals surface area contributed by atoms with E-state index < -0.39 is 24.5 Å². The Balaban J connectivity index is 3.24. The summed E-state index contributed by atoms with van der Waals surface area (Å²) in [6, 6.07) is 1.07. The van der Waals surface area contributed by atoms with Crippen LogP contribution in [-0.4, -0.2) is 22.4 Å². The highest BCUT2D eigenvalue weighted by Crippen LogP contribution is 2.28. The highest BCUT2D eigenvalue weighted by atomic mass is 19.4. The van der Waals surface area contributed by atoms with Gasteiger partial charge in [-0.1, -0.05) is 0 Å². The molecule has 0 saturated carbocycles. The fourth-order valence-electron chi connectivity index (χ4n) is 1.46. The molecule has 0 aromatic carbocycles. The normalized spacial score (nSPS) is 11.4. The van der Waals surface area contributed by atoms with Gasteiger partial charge in [-0.2, -0.15) is 0 Å². The predicted octanol–water partition coefficient (Wildman–Crippen LogP) is 1.37. The molecule has 0 unspecified atom stereocenters. The summed E-state index contributed by atoms with van der Waals surface area (Å²) >= 11 is 0. The Morgan fingerprint density at radius 1 is 1.56 bits per heavy atom. The van der Waals surface area contributed by atoms with Gasteiger partial charge in [0.15, 0.2) is 0 Å². The number of hydrogen-bond acceptors (Lipinski definition) is 4. The van der Waals surface area contributed by atoms with Gasteiger partial charge in [-0.05, 0) is 6.92 Å². The first-order chi connectivity index (χ1) is 8.23. The van der Waals surface area contributed by atoms with Crippen LogP contribution < -0.4 is 10.5 Å². The molecule has 5 nitrogen and oxygen atoms in total. The van der Waals surface area contributed by atoms with Crippen molar-refractivity contribution in [3.8, 4) is 5.75 Å². The summed E-state index contributed by atoms with van der Waals surface area (Å²) < 4.78 is 40.4. The first-order valence-corrected chi connectivity index (χ1v) is 4.90. The van der Waals surface area contributed by atoms with E-state index in [1.807, 2.05) is 0 Å². The van der Waals surface area contributed by atoms with Crippen LogP contribution in [0.25, 0.3) is 0 Å². The molecule has 0 amide bonds. The molecule has 0 bridgehead atoms. The lowest BCUT2D eigenvalue weighted by Gasteiger charge is -2.15. The molecule has 1 aromatic rings. The van der Waals surface area contributed by atoms with Crippen molar-refractivity contribution in [2.24, 2.45) is 5.73 Å². The number of nitrogens with two attached hydrogens (primary N) is 1. The topological polar surface area (TPSA) is 85.4 Å². The second kappa shape index (κ2) is 5.21. The summed E-state index contributed by atoms with van der Waals surface area (Å²) in [7, 11) is 0. The number of halogens is 3. The van der Waals surface area contributed by atoms with E-state index in [-0.39, 0.29) is 23.5 Å². The standard InChI is InChI=1S/C10H11F3N2O3/c1-5-2-8(18-10(11,12)13)6(4-14)7(15-5)3-9(16)17/h2H,3-4,14H2,1H3,(H,16,17). The molecule has 0 aliphatic carbocycles. The van der Waals surface area contributed by atoms with Crippen LogP contribution in [0.1, 0.15) is 17.0 Å². The number of aliphatic carboxylic acids is 1. The zero-order valence-corrected chi connectivity index (χ0v) is 9.41. The van der Waals surface area contributed by atoms with Crippen LogP contribution >= 0.6 is 0 Å². The van der Waals surface area contributed by atoms with Crippen LogP contribution in [0.5, 0.6) is 5.75 Å². The lowest BCUT2D eigenvalue weighted by atomic mass is 10.1. The van der Waals surface area contributed by atoms with E-state index in [9.17, 15) is 18.0 Å². The molecule has 0 radical (unpaired) electrons. The maximum Gasteiger partial charge on any atom is 0.573 e. The van der Waals surface area contributed by atoms with Gasteiger partial charge in [-0.25, -0.2) is 0 Å². The van der Waals surface area contributed by atoms with Gasteiger partial charge in [0, 0.05) is 23.9 Å². The summed E-state index contributed by atoms with van der Waals surface area (Å²) in [5.74, 6) is -1.71. The number of carboxylic acids is 1. The molecule has 1 rings (SSSR count). The molecule has 0 aliphatic heterocycles. The first-order valence-electron chi connectivity index (χ1n) is 4.90. The third kappa shape index (κ3) is 3.88. The van der Waals surface area contributed by atoms with Crippen molar-refractivity contribution in [2.75, 3.05) is 0 Å². The van der Waals surface area contributed by atoms with Crippen molar-refractivity contribution in [1.29, 1.82) is 0 Å². The SMILES string of the molecule is Cc1cc(OC(F)(F)F)c(CN)c(CC(=O)O)n1. The highest BCUT2D eigenvalue weighted by Gasteiger charge is 2.32. The van der Waals surface area contributed by atoms with Gasteiger partial charge < -0.3 is 15.6 Å². The Morgan fingerprint density at radius 2 is 2.17 bits per heavy atom. The Bertz CT molecular complexity index is 460. The largest absolute Gasteiger partial charge is 0.573 e. The average Bonchev–Trinajstić information content (AvgIpc) is 2.13. The van der Waals surface area contributed by atoms with E-state index in [1.165, 1.54) is 6.92 Å². The number of aromatic nitrogens is 1. The van der Waals surface area contributed by atoms with Gasteiger partial charge in [0.1, 0.15) is 5.75 Å². The number of carbonyl (C=O) groups is 1. The van der Waals surface area contributed by atoms with Crippen molar-refractivity contribution >= 4 is 5.97 Å². The number of hydrogen-bond donors (Lipinski definition) is 2. The second-order valence-corrected chi connectivity index (χ2v) is 3.51. The second-order valence-electron chi connectivity index (χ2n) is 3.51. The fraction of sp³-hybridized carbons (Fsp3) is 0.400. The minimum absolute atomic E-state index is 0.0238. The van der Waals surface area contributed by atoms with Crippen LogP contribution in [0.3, 0.4) is 0 Å². The van der Waals surface area contributed by atoms with Crippen LogP contribution in [0.2, 0.25) is 0 Å². The minimum atomic E-state index is -4.86. The predicted molar refractivity (Wildman–Crippen MR) is 54.9 cm³/mol. The molecular formula is C10H11F3N2O3. The van der Waals surface area contributed by atoms with Crippen LogP contribution in [-0.2, 0) is 17.8 Å². The summed E-state index contributed by atoms with van der Waals surface area (Å²) in [5, 5.41) is 8.66. The van der Waals surface area contributed by atoms with E-state index in [1.54, 1.807) is 0 Å². The van der Waals surface area contributed by atoms with Gasteiger partial charge in [-0.15, -0.1) is 13.2 Å². The lowest BCUT2D eigenvalue weighted by molar-refractivity contribution is -0.274. The molecule has 3 N–H and O–H groups in total. The van der Waals surface area contributed by atoms with E-state index in [4.69, 9.17) is 10.8 Å². The molecule has 0 atom stereocenters. The Labute approximate surface area is 100 Å². The summed E-state index contributed by atoms with van der Waals surface area (Å²) in [6.45, 7) is 1.15. The minimum Gasteiger partial charge on any atom is -0.481 e. The molecule has 18 heavy (non-hydrogen) atoms. The molecule has 0 aliphatic rings. The van der Waals surface area contributed by atoms with Gasteiger partial charge in [0.25, 0.3) is 0 Å². The number of carboxylic acid groups (broad SMARTS) is 1. The Hall–Kier alpha value is -1.83. The summed E-state index contributed by atoms with van der Waals surface area (Å²) in [4.78, 5) is 14.5. The smallest absolute Gasteiger partial charge is 0.481 e. The maximum atomic E-state index is 12.2. The van der Waals surface area contributed by atoms with Gasteiger partial charge in [0.2, 0.25) is 0 Å². The molecule has 0 saturated heterocycles. The van der Waals surface area contributed by atoms with Crippen molar-refractivity contribution in [2.45, 2.75) is 26.3 Å². The summed E-state index contributed by atoms with van der Waals surface area (Å²) in [6.07, 6.45) is -5.37. The van der Waals surface area contributed by atoms with Crippen molar-refractivity contribution in [1.82, 2.24) is 4.98 Å². The molecule has 0 spiro atoms. The molecular weight excluding hydrogens is 253 g/mol. The maximum absolute atomic E-state index is 12.2. The number of aryl methyl sites for hydroxylation is 1. The van der Waals surface area contributed by atoms with E-state index in [0.717, 1.165) is 6.07 Å². The van der Waals surface area contributed by atoms with Crippen LogP contribution in [0.15, 0.2) is 6.07 Å². The van der Waals surface area contributed by atoms with Gasteiger partial charge in [-0.3, -0.25) is 9.78 Å². The third-order valence-corrected chi connectivity index (χ3v) is 2.05. The van der Waals surface area contributed by atoms with E-state index in [2.05, 4.69) is 9.72 Å². The number of alkyl halides is 3. The van der Waals surface area contributed by atoms with Gasteiger partial charge >= 0.3 is 12.3 Å². The van der Waals surface area contributed by atoms with Crippen molar-refractivity contribution in [3.63, 3.8) is 0 Å². The molecule has 8 heteroatoms. The van der Waals surface area contributed by atoms with Crippen molar-refractivity contribution < 1.29 is 27.8 Å². The van der Waals surface area contributed by atoms with Crippen LogP contribution in [0.4, 0.5) is 13.2 Å². The van der Waals surface area contributed by atoms with E-state index in [0.29, 0.717) is 0 Å². The number of ether oxygens (including phenoxy) is 1. The third-order valence-electron chi connectivity index (χ3n) is 2.05. The monoisotopic (exact) mass is 264 g/mol. The molecule has 100 valence electrons. The zero-order valence-electron chi connectivity index (χ0n) is 9.41. The Kier molecular flexibility index (Phi) is 4.12. The average molecular weight is 264 g/mol. The summed E-state index contributed by atoms with van der Waals surface area (Å²) in [5.41, 5.74) is 5.46. The van der Waals surface area contributed by atoms with Crippen LogP contribution in [0, 0.1) is 6.92 Å². The number of pyridine rings is 1. The number of rotatable bonds is 4. The quantitative estimate of drug-likeness (QED) is 0.857. The Morgan fingerprint density at radius 3 is 2.61 bits per heavy atom. The van der Waals surface area contributed by atoms with E-state index >= 15 is 0 Å². The van der Waals surface area contributed by atoms with Gasteiger partial charge in [0.05, 0.1) is 12.1 Å². The molecule has 0 fully saturated rings. The first kappa shape index (κ1) is 14.2. The fourth-order valence-corrected chi connectivity index (χ4v) is 1.46.